The lowest BCUT2D eigenvalue weighted by atomic mass is 9.67. The molecule has 0 bridgehead atoms. The van der Waals surface area contributed by atoms with Gasteiger partial charge < -0.3 is 9.47 Å². The smallest absolute Gasteiger partial charge is 0.209 e. The summed E-state index contributed by atoms with van der Waals surface area (Å²) in [5, 5.41) is 0. The Hall–Kier alpha value is -2.62. The zero-order valence-electron chi connectivity index (χ0n) is 31.4. The monoisotopic (exact) mass is 614 g/mol. The molecule has 4 heteroatoms. The second-order valence-electron chi connectivity index (χ2n) is 18.5. The standard InChI is InChI=1S/C41H62N2O2/c1-25(2)33-23-44-35(42-33)41(36-43-34(24-45-36)26(3)4,31-19-27(37(5,6)7)17-28(20-31)38(8,9)10)32-21-29(39(11,12)13)18-30(22-32)40(14,15)16/h17-22,25-26,33-34H,23-24H2,1-16H3/t33-,34-/m1/s1. The molecule has 0 N–H and O–H groups in total. The van der Waals surface area contributed by atoms with Crippen molar-refractivity contribution in [3.63, 3.8) is 0 Å². The lowest BCUT2D eigenvalue weighted by Crippen LogP contribution is -2.46. The van der Waals surface area contributed by atoms with Gasteiger partial charge in [0.2, 0.25) is 11.8 Å². The van der Waals surface area contributed by atoms with Gasteiger partial charge in [0, 0.05) is 0 Å². The first-order chi connectivity index (χ1) is 20.5. The summed E-state index contributed by atoms with van der Waals surface area (Å²) in [4.78, 5) is 10.9. The lowest BCUT2D eigenvalue weighted by Gasteiger charge is -2.37. The molecule has 2 atom stereocenters. The summed E-state index contributed by atoms with van der Waals surface area (Å²) in [6.45, 7) is 37.7. The van der Waals surface area contributed by atoms with Gasteiger partial charge in [-0.1, -0.05) is 147 Å². The fourth-order valence-electron chi connectivity index (χ4n) is 6.04. The number of hydrogen-bond acceptors (Lipinski definition) is 4. The highest BCUT2D eigenvalue weighted by Crippen LogP contribution is 2.46. The van der Waals surface area contributed by atoms with E-state index in [-0.39, 0.29) is 33.7 Å². The van der Waals surface area contributed by atoms with Gasteiger partial charge in [-0.25, -0.2) is 9.98 Å². The average molecular weight is 615 g/mol. The molecule has 2 aromatic rings. The average Bonchev–Trinajstić information content (AvgIpc) is 3.59. The van der Waals surface area contributed by atoms with Gasteiger partial charge in [0.25, 0.3) is 0 Å². The minimum Gasteiger partial charge on any atom is -0.477 e. The maximum atomic E-state index is 6.80. The maximum absolute atomic E-state index is 6.80. The molecule has 0 aliphatic carbocycles. The van der Waals surface area contributed by atoms with Gasteiger partial charge in [0.15, 0.2) is 5.41 Å². The quantitative estimate of drug-likeness (QED) is 0.325. The molecule has 4 nitrogen and oxygen atoms in total. The Labute approximate surface area is 275 Å². The summed E-state index contributed by atoms with van der Waals surface area (Å²) in [7, 11) is 0. The molecule has 0 aromatic heterocycles. The molecule has 2 aromatic carbocycles. The molecule has 0 saturated heterocycles. The van der Waals surface area contributed by atoms with Gasteiger partial charge in [-0.05, 0) is 66.9 Å². The molecular weight excluding hydrogens is 552 g/mol. The fourth-order valence-corrected chi connectivity index (χ4v) is 6.04. The van der Waals surface area contributed by atoms with Crippen molar-refractivity contribution in [1.29, 1.82) is 0 Å². The largest absolute Gasteiger partial charge is 0.477 e. The van der Waals surface area contributed by atoms with E-state index in [1.165, 1.54) is 22.3 Å². The van der Waals surface area contributed by atoms with E-state index in [0.717, 1.165) is 11.1 Å². The summed E-state index contributed by atoms with van der Waals surface area (Å²) in [5.41, 5.74) is 6.19. The number of benzene rings is 2. The topological polar surface area (TPSA) is 43.2 Å². The van der Waals surface area contributed by atoms with Crippen molar-refractivity contribution in [2.75, 3.05) is 13.2 Å². The third kappa shape index (κ3) is 7.05. The van der Waals surface area contributed by atoms with Gasteiger partial charge in [-0.15, -0.1) is 0 Å². The molecule has 2 heterocycles. The van der Waals surface area contributed by atoms with Crippen LogP contribution in [0.25, 0.3) is 0 Å². The molecule has 4 rings (SSSR count). The number of ether oxygens (including phenoxy) is 2. The Morgan fingerprint density at radius 3 is 0.911 bits per heavy atom. The zero-order valence-corrected chi connectivity index (χ0v) is 31.4. The van der Waals surface area contributed by atoms with Crippen LogP contribution in [-0.4, -0.2) is 37.1 Å². The molecule has 0 unspecified atom stereocenters. The van der Waals surface area contributed by atoms with E-state index in [1.807, 2.05) is 0 Å². The lowest BCUT2D eigenvalue weighted by molar-refractivity contribution is 0.263. The number of aliphatic imine (C=N–C) groups is 2. The first-order valence-corrected chi connectivity index (χ1v) is 17.2. The first kappa shape index (κ1) is 35.2. The highest BCUT2D eigenvalue weighted by atomic mass is 16.5. The van der Waals surface area contributed by atoms with Crippen molar-refractivity contribution < 1.29 is 9.47 Å². The van der Waals surface area contributed by atoms with E-state index in [1.54, 1.807) is 0 Å². The van der Waals surface area contributed by atoms with Gasteiger partial charge in [0.05, 0.1) is 12.1 Å². The molecule has 0 radical (unpaired) electrons. The Kier molecular flexibility index (Phi) is 9.30. The van der Waals surface area contributed by atoms with E-state index < -0.39 is 5.41 Å². The van der Waals surface area contributed by atoms with Crippen LogP contribution in [0.3, 0.4) is 0 Å². The maximum Gasteiger partial charge on any atom is 0.209 e. The van der Waals surface area contributed by atoms with Crippen molar-refractivity contribution >= 4 is 11.8 Å². The van der Waals surface area contributed by atoms with Crippen molar-refractivity contribution in [3.8, 4) is 0 Å². The van der Waals surface area contributed by atoms with Gasteiger partial charge in [-0.3, -0.25) is 0 Å². The van der Waals surface area contributed by atoms with Crippen LogP contribution >= 0.6 is 0 Å². The van der Waals surface area contributed by atoms with E-state index >= 15 is 0 Å². The van der Waals surface area contributed by atoms with Crippen molar-refractivity contribution in [2.24, 2.45) is 21.8 Å². The molecule has 248 valence electrons. The van der Waals surface area contributed by atoms with Crippen LogP contribution in [0.15, 0.2) is 46.4 Å². The number of rotatable bonds is 6. The SMILES string of the molecule is CC(C)[C@H]1COC(C(C2=N[C@@H](C(C)C)CO2)(c2cc(C(C)(C)C)cc(C(C)(C)C)c2)c2cc(C(C)(C)C)cc(C(C)(C)C)c2)=N1. The van der Waals surface area contributed by atoms with E-state index in [0.29, 0.717) is 36.8 Å². The summed E-state index contributed by atoms with van der Waals surface area (Å²) in [6, 6.07) is 14.5. The fraction of sp³-hybridized carbons (Fsp3) is 0.659. The van der Waals surface area contributed by atoms with Crippen LogP contribution in [-0.2, 0) is 36.5 Å². The number of nitrogens with zero attached hydrogens (tertiary/aromatic N) is 2. The Morgan fingerprint density at radius 2 is 0.711 bits per heavy atom. The van der Waals surface area contributed by atoms with Crippen molar-refractivity contribution in [3.05, 3.63) is 69.8 Å². The third-order valence-corrected chi connectivity index (χ3v) is 9.72. The number of hydrogen-bond donors (Lipinski definition) is 0. The second kappa shape index (κ2) is 11.9. The van der Waals surface area contributed by atoms with Crippen molar-refractivity contribution in [2.45, 2.75) is 150 Å². The van der Waals surface area contributed by atoms with Gasteiger partial charge in [-0.2, -0.15) is 0 Å². The minimum absolute atomic E-state index is 0.0663. The molecule has 0 amide bonds. The predicted molar refractivity (Wildman–Crippen MR) is 192 cm³/mol. The summed E-state index contributed by atoms with van der Waals surface area (Å²) < 4.78 is 13.6. The van der Waals surface area contributed by atoms with Crippen LogP contribution in [0.5, 0.6) is 0 Å². The molecule has 0 fully saturated rings. The van der Waals surface area contributed by atoms with Gasteiger partial charge in [0.1, 0.15) is 13.2 Å². The van der Waals surface area contributed by atoms with Crippen LogP contribution in [0.1, 0.15) is 144 Å². The molecule has 0 spiro atoms. The molecule has 2 aliphatic heterocycles. The van der Waals surface area contributed by atoms with Gasteiger partial charge >= 0.3 is 0 Å². The normalized spacial score (nSPS) is 20.0. The Balaban J connectivity index is 2.28. The summed E-state index contributed by atoms with van der Waals surface area (Å²) in [6.07, 6.45) is 0. The van der Waals surface area contributed by atoms with E-state index in [9.17, 15) is 0 Å². The van der Waals surface area contributed by atoms with Crippen LogP contribution in [0.2, 0.25) is 0 Å². The summed E-state index contributed by atoms with van der Waals surface area (Å²) >= 11 is 0. The van der Waals surface area contributed by atoms with Crippen molar-refractivity contribution in [1.82, 2.24) is 0 Å². The summed E-state index contributed by atoms with van der Waals surface area (Å²) in [5.74, 6) is 2.13. The molecular formula is C41H62N2O2. The highest BCUT2D eigenvalue weighted by molar-refractivity contribution is 6.15. The zero-order chi connectivity index (χ0) is 33.9. The Bertz CT molecular complexity index is 1270. The van der Waals surface area contributed by atoms with Crippen LogP contribution < -0.4 is 0 Å². The molecule has 45 heavy (non-hydrogen) atoms. The first-order valence-electron chi connectivity index (χ1n) is 17.2. The van der Waals surface area contributed by atoms with E-state index in [4.69, 9.17) is 19.5 Å². The third-order valence-electron chi connectivity index (χ3n) is 9.72. The van der Waals surface area contributed by atoms with E-state index in [2.05, 4.69) is 147 Å². The molecule has 0 saturated carbocycles. The van der Waals surface area contributed by atoms with Crippen LogP contribution in [0.4, 0.5) is 0 Å². The highest BCUT2D eigenvalue weighted by Gasteiger charge is 2.53. The minimum atomic E-state index is -0.935. The second-order valence-corrected chi connectivity index (χ2v) is 18.5. The van der Waals surface area contributed by atoms with Crippen LogP contribution in [0, 0.1) is 11.8 Å². The molecule has 2 aliphatic rings. The Morgan fingerprint density at radius 1 is 0.467 bits per heavy atom. The predicted octanol–water partition coefficient (Wildman–Crippen LogP) is 10.1.